The number of rotatable bonds is 3. The third kappa shape index (κ3) is 1.96. The SMILES string of the molecule is O=CCSc1ccc2ccccc2c1. The van der Waals surface area contributed by atoms with Gasteiger partial charge in [0.25, 0.3) is 0 Å². The Morgan fingerprint density at radius 3 is 2.64 bits per heavy atom. The third-order valence-electron chi connectivity index (χ3n) is 2.04. The summed E-state index contributed by atoms with van der Waals surface area (Å²) in [5.41, 5.74) is 0. The fraction of sp³-hybridized carbons (Fsp3) is 0.0833. The van der Waals surface area contributed by atoms with Crippen molar-refractivity contribution in [2.75, 3.05) is 5.75 Å². The van der Waals surface area contributed by atoms with E-state index in [0.717, 1.165) is 11.2 Å². The number of carbonyl (C=O) groups is 1. The van der Waals surface area contributed by atoms with Gasteiger partial charge in [-0.05, 0) is 22.9 Å². The van der Waals surface area contributed by atoms with E-state index in [-0.39, 0.29) is 0 Å². The Balaban J connectivity index is 2.36. The molecular formula is C12H10OS. The molecule has 2 aromatic carbocycles. The number of aldehydes is 1. The summed E-state index contributed by atoms with van der Waals surface area (Å²) < 4.78 is 0. The third-order valence-corrected chi connectivity index (χ3v) is 2.93. The van der Waals surface area contributed by atoms with Crippen LogP contribution in [-0.2, 0) is 4.79 Å². The van der Waals surface area contributed by atoms with E-state index in [1.54, 1.807) is 11.8 Å². The van der Waals surface area contributed by atoms with Gasteiger partial charge in [-0.3, -0.25) is 0 Å². The highest BCUT2D eigenvalue weighted by Gasteiger charge is 1.95. The number of fused-ring (bicyclic) bond motifs is 1. The summed E-state index contributed by atoms with van der Waals surface area (Å²) in [6.45, 7) is 0. The minimum absolute atomic E-state index is 0.526. The van der Waals surface area contributed by atoms with Crippen LogP contribution >= 0.6 is 11.8 Å². The van der Waals surface area contributed by atoms with Crippen LogP contribution in [0.3, 0.4) is 0 Å². The van der Waals surface area contributed by atoms with Crippen LogP contribution in [-0.4, -0.2) is 12.0 Å². The Labute approximate surface area is 87.1 Å². The highest BCUT2D eigenvalue weighted by Crippen LogP contribution is 2.22. The van der Waals surface area contributed by atoms with Crippen molar-refractivity contribution >= 4 is 28.8 Å². The molecule has 1 nitrogen and oxygen atoms in total. The van der Waals surface area contributed by atoms with Gasteiger partial charge in [-0.2, -0.15) is 0 Å². The second-order valence-corrected chi connectivity index (χ2v) is 4.08. The minimum atomic E-state index is 0.526. The Kier molecular flexibility index (Phi) is 2.84. The molecule has 0 aliphatic rings. The van der Waals surface area contributed by atoms with Gasteiger partial charge in [0.05, 0.1) is 5.75 Å². The topological polar surface area (TPSA) is 17.1 Å². The first-order valence-electron chi connectivity index (χ1n) is 4.45. The van der Waals surface area contributed by atoms with Crippen molar-refractivity contribution in [3.05, 3.63) is 42.5 Å². The van der Waals surface area contributed by atoms with E-state index in [2.05, 4.69) is 30.3 Å². The average Bonchev–Trinajstić information content (AvgIpc) is 2.26. The molecule has 0 spiro atoms. The number of hydrogen-bond donors (Lipinski definition) is 0. The van der Waals surface area contributed by atoms with Crippen molar-refractivity contribution in [2.45, 2.75) is 4.90 Å². The molecule has 0 amide bonds. The molecule has 0 aliphatic carbocycles. The molecule has 2 heteroatoms. The zero-order valence-corrected chi connectivity index (χ0v) is 8.46. The summed E-state index contributed by atoms with van der Waals surface area (Å²) in [7, 11) is 0. The van der Waals surface area contributed by atoms with E-state index in [1.165, 1.54) is 10.8 Å². The van der Waals surface area contributed by atoms with Crippen molar-refractivity contribution in [2.24, 2.45) is 0 Å². The monoisotopic (exact) mass is 202 g/mol. The maximum Gasteiger partial charge on any atom is 0.130 e. The molecule has 0 radical (unpaired) electrons. The predicted molar refractivity (Wildman–Crippen MR) is 60.7 cm³/mol. The van der Waals surface area contributed by atoms with Gasteiger partial charge in [-0.25, -0.2) is 0 Å². The van der Waals surface area contributed by atoms with Crippen LogP contribution in [0.5, 0.6) is 0 Å². The highest BCUT2D eigenvalue weighted by molar-refractivity contribution is 7.99. The van der Waals surface area contributed by atoms with Crippen molar-refractivity contribution in [1.82, 2.24) is 0 Å². The van der Waals surface area contributed by atoms with Gasteiger partial charge in [0.15, 0.2) is 0 Å². The lowest BCUT2D eigenvalue weighted by Crippen LogP contribution is -1.79. The first-order chi connectivity index (χ1) is 6.90. The lowest BCUT2D eigenvalue weighted by atomic mass is 10.1. The average molecular weight is 202 g/mol. The highest BCUT2D eigenvalue weighted by atomic mass is 32.2. The zero-order chi connectivity index (χ0) is 9.80. The number of carbonyl (C=O) groups excluding carboxylic acids is 1. The largest absolute Gasteiger partial charge is 0.302 e. The van der Waals surface area contributed by atoms with E-state index in [9.17, 15) is 4.79 Å². The standard InChI is InChI=1S/C12H10OS/c13-7-8-14-12-6-5-10-3-1-2-4-11(10)9-12/h1-7,9H,8H2. The molecule has 0 unspecified atom stereocenters. The molecular weight excluding hydrogens is 192 g/mol. The first-order valence-corrected chi connectivity index (χ1v) is 5.44. The van der Waals surface area contributed by atoms with Crippen LogP contribution < -0.4 is 0 Å². The molecule has 14 heavy (non-hydrogen) atoms. The van der Waals surface area contributed by atoms with Crippen molar-refractivity contribution < 1.29 is 4.79 Å². The normalized spacial score (nSPS) is 10.3. The minimum Gasteiger partial charge on any atom is -0.302 e. The van der Waals surface area contributed by atoms with Crippen molar-refractivity contribution in [3.63, 3.8) is 0 Å². The Hall–Kier alpha value is -1.28. The zero-order valence-electron chi connectivity index (χ0n) is 7.64. The molecule has 2 aromatic rings. The van der Waals surface area contributed by atoms with Gasteiger partial charge in [0.1, 0.15) is 6.29 Å². The molecule has 0 aromatic heterocycles. The molecule has 2 rings (SSSR count). The Morgan fingerprint density at radius 1 is 1.07 bits per heavy atom. The maximum atomic E-state index is 10.2. The second-order valence-electron chi connectivity index (χ2n) is 2.99. The summed E-state index contributed by atoms with van der Waals surface area (Å²) in [4.78, 5) is 11.4. The molecule has 0 atom stereocenters. The Bertz CT molecular complexity index is 451. The fourth-order valence-corrected chi connectivity index (χ4v) is 2.02. The smallest absolute Gasteiger partial charge is 0.130 e. The van der Waals surface area contributed by atoms with Crippen LogP contribution in [0.15, 0.2) is 47.4 Å². The summed E-state index contributed by atoms with van der Waals surface area (Å²) in [5.74, 6) is 0.526. The van der Waals surface area contributed by atoms with E-state index in [4.69, 9.17) is 0 Å². The van der Waals surface area contributed by atoms with Crippen LogP contribution in [0, 0.1) is 0 Å². The lowest BCUT2D eigenvalue weighted by molar-refractivity contribution is -0.105. The fourth-order valence-electron chi connectivity index (χ4n) is 1.39. The van der Waals surface area contributed by atoms with Crippen LogP contribution in [0.2, 0.25) is 0 Å². The molecule has 0 fully saturated rings. The number of thioether (sulfide) groups is 1. The van der Waals surface area contributed by atoms with E-state index >= 15 is 0 Å². The lowest BCUT2D eigenvalue weighted by Gasteiger charge is -2.00. The van der Waals surface area contributed by atoms with Gasteiger partial charge < -0.3 is 4.79 Å². The summed E-state index contributed by atoms with van der Waals surface area (Å²) >= 11 is 1.57. The molecule has 0 aliphatic heterocycles. The molecule has 0 bridgehead atoms. The second kappa shape index (κ2) is 4.29. The maximum absolute atomic E-state index is 10.2. The molecule has 0 saturated carbocycles. The van der Waals surface area contributed by atoms with Crippen LogP contribution in [0.4, 0.5) is 0 Å². The Morgan fingerprint density at radius 2 is 1.86 bits per heavy atom. The van der Waals surface area contributed by atoms with Crippen LogP contribution in [0.1, 0.15) is 0 Å². The molecule has 0 heterocycles. The van der Waals surface area contributed by atoms with Gasteiger partial charge in [-0.15, -0.1) is 11.8 Å². The van der Waals surface area contributed by atoms with E-state index < -0.39 is 0 Å². The summed E-state index contributed by atoms with van der Waals surface area (Å²) in [5, 5.41) is 2.46. The predicted octanol–water partition coefficient (Wildman–Crippen LogP) is 3.13. The van der Waals surface area contributed by atoms with Gasteiger partial charge in [0.2, 0.25) is 0 Å². The summed E-state index contributed by atoms with van der Waals surface area (Å²) in [6.07, 6.45) is 0.930. The summed E-state index contributed by atoms with van der Waals surface area (Å²) in [6, 6.07) is 14.5. The van der Waals surface area contributed by atoms with Crippen molar-refractivity contribution in [1.29, 1.82) is 0 Å². The van der Waals surface area contributed by atoms with Gasteiger partial charge >= 0.3 is 0 Å². The van der Waals surface area contributed by atoms with Gasteiger partial charge in [0, 0.05) is 4.90 Å². The number of benzene rings is 2. The number of hydrogen-bond acceptors (Lipinski definition) is 2. The van der Waals surface area contributed by atoms with E-state index in [0.29, 0.717) is 5.75 Å². The molecule has 0 saturated heterocycles. The quantitative estimate of drug-likeness (QED) is 0.562. The van der Waals surface area contributed by atoms with Gasteiger partial charge in [-0.1, -0.05) is 30.3 Å². The first kappa shape index (κ1) is 9.28. The van der Waals surface area contributed by atoms with Crippen LogP contribution in [0.25, 0.3) is 10.8 Å². The van der Waals surface area contributed by atoms with E-state index in [1.807, 2.05) is 12.1 Å². The van der Waals surface area contributed by atoms with Crippen molar-refractivity contribution in [3.8, 4) is 0 Å². The molecule has 70 valence electrons. The molecule has 0 N–H and O–H groups in total.